The van der Waals surface area contributed by atoms with Crippen LogP contribution in [0.5, 0.6) is 0 Å². The molecule has 1 aromatic carbocycles. The van der Waals surface area contributed by atoms with Crippen molar-refractivity contribution in [3.05, 3.63) is 52.4 Å². The maximum absolute atomic E-state index is 12.6. The molecule has 2 aromatic rings. The molecule has 12 heteroatoms. The quantitative estimate of drug-likeness (QED) is 0.781. The highest BCUT2D eigenvalue weighted by Gasteiger charge is 2.34. The van der Waals surface area contributed by atoms with E-state index in [9.17, 15) is 26.4 Å². The smallest absolute Gasteiger partial charge is 0.322 e. The lowest BCUT2D eigenvalue weighted by atomic mass is 10.2. The normalized spacial score (nSPS) is 16.3. The molecule has 1 aliphatic rings. The molecule has 1 saturated heterocycles. The van der Waals surface area contributed by atoms with Gasteiger partial charge < -0.3 is 4.90 Å². The number of alkyl halides is 3. The molecule has 0 radical (unpaired) electrons. The molecule has 1 N–H and O–H groups in total. The molecule has 7 nitrogen and oxygen atoms in total. The highest BCUT2D eigenvalue weighted by molar-refractivity contribution is 7.92. The summed E-state index contributed by atoms with van der Waals surface area (Å²) in [5.74, 6) is 0. The maximum Gasteiger partial charge on any atom is 0.434 e. The summed E-state index contributed by atoms with van der Waals surface area (Å²) in [5.41, 5.74) is -0.324. The van der Waals surface area contributed by atoms with Gasteiger partial charge in [-0.15, -0.1) is 11.3 Å². The Bertz CT molecular complexity index is 983. The molecule has 3 rings (SSSR count). The SMILES string of the molecule is O=C(Nc1nc(C(F)(F)F)cs1)N1CCN(S(=O)(=O)/C=C/c2ccccc2)CC1. The molecule has 0 aliphatic carbocycles. The number of hydrogen-bond donors (Lipinski definition) is 1. The monoisotopic (exact) mass is 446 g/mol. The van der Waals surface area contributed by atoms with Gasteiger partial charge in [0.2, 0.25) is 10.0 Å². The summed E-state index contributed by atoms with van der Waals surface area (Å²) in [6.45, 7) is 0.393. The fourth-order valence-corrected chi connectivity index (χ4v) is 4.47. The van der Waals surface area contributed by atoms with Crippen molar-refractivity contribution >= 4 is 38.6 Å². The number of hydrogen-bond acceptors (Lipinski definition) is 5. The summed E-state index contributed by atoms with van der Waals surface area (Å²) in [6, 6.07) is 8.35. The van der Waals surface area contributed by atoms with Crippen LogP contribution in [0.3, 0.4) is 0 Å². The minimum Gasteiger partial charge on any atom is -0.322 e. The van der Waals surface area contributed by atoms with Gasteiger partial charge >= 0.3 is 12.2 Å². The second-order valence-electron chi connectivity index (χ2n) is 6.11. The van der Waals surface area contributed by atoms with E-state index in [1.54, 1.807) is 24.3 Å². The first-order chi connectivity index (χ1) is 13.6. The second kappa shape index (κ2) is 8.51. The molecule has 156 valence electrons. The average molecular weight is 446 g/mol. The van der Waals surface area contributed by atoms with Gasteiger partial charge in [0.1, 0.15) is 0 Å². The number of halogens is 3. The van der Waals surface area contributed by atoms with Crippen LogP contribution in [0, 0.1) is 0 Å². The van der Waals surface area contributed by atoms with Crippen LogP contribution in [0.2, 0.25) is 0 Å². The predicted octanol–water partition coefficient (Wildman–Crippen LogP) is 3.31. The number of aromatic nitrogens is 1. The van der Waals surface area contributed by atoms with Crippen LogP contribution in [0.25, 0.3) is 6.08 Å². The number of nitrogens with one attached hydrogen (secondary N) is 1. The molecular weight excluding hydrogens is 429 g/mol. The highest BCUT2D eigenvalue weighted by atomic mass is 32.2. The number of carbonyl (C=O) groups excluding carboxylic acids is 1. The molecule has 0 saturated carbocycles. The summed E-state index contributed by atoms with van der Waals surface area (Å²) >= 11 is 0.673. The molecule has 0 atom stereocenters. The third-order valence-electron chi connectivity index (χ3n) is 4.13. The van der Waals surface area contributed by atoms with Crippen molar-refractivity contribution in [1.29, 1.82) is 0 Å². The van der Waals surface area contributed by atoms with Gasteiger partial charge in [0.15, 0.2) is 10.8 Å². The number of sulfonamides is 1. The molecule has 1 aromatic heterocycles. The van der Waals surface area contributed by atoms with Gasteiger partial charge in [-0.1, -0.05) is 30.3 Å². The second-order valence-corrected chi connectivity index (χ2v) is 8.79. The minimum atomic E-state index is -4.58. The van der Waals surface area contributed by atoms with Crippen molar-refractivity contribution in [2.45, 2.75) is 6.18 Å². The van der Waals surface area contributed by atoms with E-state index in [1.807, 2.05) is 6.07 Å². The first kappa shape index (κ1) is 21.3. The van der Waals surface area contributed by atoms with E-state index in [1.165, 1.54) is 15.3 Å². The highest BCUT2D eigenvalue weighted by Crippen LogP contribution is 2.31. The van der Waals surface area contributed by atoms with Gasteiger partial charge in [-0.25, -0.2) is 18.2 Å². The lowest BCUT2D eigenvalue weighted by Crippen LogP contribution is -2.51. The Morgan fingerprint density at radius 3 is 2.38 bits per heavy atom. The fourth-order valence-electron chi connectivity index (χ4n) is 2.59. The summed E-state index contributed by atoms with van der Waals surface area (Å²) in [6.07, 6.45) is -3.08. The number of carbonyl (C=O) groups is 1. The Kier molecular flexibility index (Phi) is 6.24. The molecule has 2 heterocycles. The number of nitrogens with zero attached hydrogens (tertiary/aromatic N) is 3. The number of benzene rings is 1. The zero-order valence-corrected chi connectivity index (χ0v) is 16.6. The predicted molar refractivity (Wildman–Crippen MR) is 104 cm³/mol. The Morgan fingerprint density at radius 2 is 1.79 bits per heavy atom. The fraction of sp³-hybridized carbons (Fsp3) is 0.294. The first-order valence-corrected chi connectivity index (χ1v) is 10.9. The van der Waals surface area contributed by atoms with Gasteiger partial charge in [0.05, 0.1) is 0 Å². The van der Waals surface area contributed by atoms with E-state index in [-0.39, 0.29) is 31.3 Å². The maximum atomic E-state index is 12.6. The lowest BCUT2D eigenvalue weighted by Gasteiger charge is -2.33. The van der Waals surface area contributed by atoms with Gasteiger partial charge in [0, 0.05) is 37.0 Å². The molecular formula is C17H17F3N4O3S2. The van der Waals surface area contributed by atoms with Crippen molar-refractivity contribution in [3.63, 3.8) is 0 Å². The minimum absolute atomic E-state index is 0.0839. The molecule has 0 bridgehead atoms. The summed E-state index contributed by atoms with van der Waals surface area (Å²) in [4.78, 5) is 16.9. The van der Waals surface area contributed by atoms with Crippen molar-refractivity contribution in [2.24, 2.45) is 0 Å². The number of thiazole rings is 1. The third-order valence-corrected chi connectivity index (χ3v) is 6.45. The molecule has 2 amide bonds. The standard InChI is InChI=1S/C17H17F3N4O3S2/c18-17(19,20)14-12-28-15(21-14)22-16(25)23-7-9-24(10-8-23)29(26,27)11-6-13-4-2-1-3-5-13/h1-6,11-12H,7-10H2,(H,21,22,25)/b11-6+. The van der Waals surface area contributed by atoms with Crippen LogP contribution in [-0.2, 0) is 16.2 Å². The zero-order chi connectivity index (χ0) is 21.1. The van der Waals surface area contributed by atoms with E-state index in [2.05, 4.69) is 10.3 Å². The first-order valence-electron chi connectivity index (χ1n) is 8.47. The van der Waals surface area contributed by atoms with Crippen LogP contribution in [0.15, 0.2) is 41.1 Å². The van der Waals surface area contributed by atoms with E-state index >= 15 is 0 Å². The lowest BCUT2D eigenvalue weighted by molar-refractivity contribution is -0.140. The Hall–Kier alpha value is -2.44. The Labute approximate surface area is 169 Å². The summed E-state index contributed by atoms with van der Waals surface area (Å²) < 4.78 is 63.8. The van der Waals surface area contributed by atoms with Crippen molar-refractivity contribution < 1.29 is 26.4 Å². The molecule has 1 aliphatic heterocycles. The van der Waals surface area contributed by atoms with Crippen molar-refractivity contribution in [1.82, 2.24) is 14.2 Å². The van der Waals surface area contributed by atoms with Crippen LogP contribution in [0.1, 0.15) is 11.3 Å². The Balaban J connectivity index is 1.55. The van der Waals surface area contributed by atoms with Gasteiger partial charge in [-0.05, 0) is 11.6 Å². The number of anilines is 1. The number of amides is 2. The van der Waals surface area contributed by atoms with E-state index in [4.69, 9.17) is 0 Å². The van der Waals surface area contributed by atoms with Gasteiger partial charge in [-0.3, -0.25) is 5.32 Å². The third kappa shape index (κ3) is 5.55. The van der Waals surface area contributed by atoms with E-state index in [0.717, 1.165) is 16.4 Å². The zero-order valence-electron chi connectivity index (χ0n) is 15.0. The largest absolute Gasteiger partial charge is 0.434 e. The molecule has 0 unspecified atom stereocenters. The molecule has 0 spiro atoms. The topological polar surface area (TPSA) is 82.6 Å². The summed E-state index contributed by atoms with van der Waals surface area (Å²) in [5, 5.41) is 4.09. The molecule has 29 heavy (non-hydrogen) atoms. The number of rotatable bonds is 4. The summed E-state index contributed by atoms with van der Waals surface area (Å²) in [7, 11) is -3.64. The van der Waals surface area contributed by atoms with Gasteiger partial charge in [0.25, 0.3) is 0 Å². The Morgan fingerprint density at radius 1 is 1.14 bits per heavy atom. The van der Waals surface area contributed by atoms with Crippen molar-refractivity contribution in [3.8, 4) is 0 Å². The number of piperazine rings is 1. The van der Waals surface area contributed by atoms with Crippen LogP contribution in [0.4, 0.5) is 23.1 Å². The van der Waals surface area contributed by atoms with Crippen LogP contribution in [-0.4, -0.2) is 54.8 Å². The number of urea groups is 1. The van der Waals surface area contributed by atoms with Crippen LogP contribution < -0.4 is 5.32 Å². The van der Waals surface area contributed by atoms with Crippen molar-refractivity contribution in [2.75, 3.05) is 31.5 Å². The molecule has 1 fully saturated rings. The van der Waals surface area contributed by atoms with Gasteiger partial charge in [-0.2, -0.15) is 17.5 Å². The van der Waals surface area contributed by atoms with E-state index < -0.39 is 27.9 Å². The van der Waals surface area contributed by atoms with E-state index in [0.29, 0.717) is 11.3 Å². The van der Waals surface area contributed by atoms with Crippen LogP contribution >= 0.6 is 11.3 Å². The average Bonchev–Trinajstić information content (AvgIpc) is 3.16.